The van der Waals surface area contributed by atoms with Crippen LogP contribution in [0.5, 0.6) is 5.75 Å². The van der Waals surface area contributed by atoms with Crippen molar-refractivity contribution in [2.45, 2.75) is 53.1 Å². The molecule has 7 heteroatoms. The number of ether oxygens (including phenoxy) is 1. The summed E-state index contributed by atoms with van der Waals surface area (Å²) >= 11 is 9.64. The third-order valence-electron chi connectivity index (χ3n) is 5.07. The summed E-state index contributed by atoms with van der Waals surface area (Å²) in [7, 11) is 0. The van der Waals surface area contributed by atoms with Crippen LogP contribution in [0.25, 0.3) is 0 Å². The molecule has 0 aliphatic rings. The number of amides is 2. The Kier molecular flexibility index (Phi) is 10.0. The van der Waals surface area contributed by atoms with E-state index in [1.807, 2.05) is 44.2 Å². The Morgan fingerprint density at radius 1 is 1.09 bits per heavy atom. The number of hydrogen-bond acceptors (Lipinski definition) is 3. The van der Waals surface area contributed by atoms with E-state index in [2.05, 4.69) is 35.1 Å². The van der Waals surface area contributed by atoms with Gasteiger partial charge in [-0.3, -0.25) is 9.59 Å². The van der Waals surface area contributed by atoms with Crippen LogP contribution in [0.1, 0.15) is 51.7 Å². The molecular formula is C25H32BrClN2O3. The third-order valence-corrected chi connectivity index (χ3v) is 5.92. The number of nitrogens with zero attached hydrogens (tertiary/aromatic N) is 1. The molecule has 2 aromatic carbocycles. The molecule has 5 nitrogen and oxygen atoms in total. The maximum absolute atomic E-state index is 13.1. The lowest BCUT2D eigenvalue weighted by Crippen LogP contribution is -2.49. The highest BCUT2D eigenvalue weighted by Crippen LogP contribution is 2.29. The molecule has 32 heavy (non-hydrogen) atoms. The summed E-state index contributed by atoms with van der Waals surface area (Å²) in [6.45, 7) is 10.6. The number of halogens is 2. The molecule has 0 saturated heterocycles. The number of rotatable bonds is 10. The molecule has 2 amide bonds. The summed E-state index contributed by atoms with van der Waals surface area (Å²) in [5.74, 6) is 0.814. The lowest BCUT2D eigenvalue weighted by atomic mass is 10.0. The Bertz CT molecular complexity index is 933. The summed E-state index contributed by atoms with van der Waals surface area (Å²) in [6, 6.07) is 12.5. The first kappa shape index (κ1) is 26.2. The Morgan fingerprint density at radius 2 is 1.81 bits per heavy atom. The fraction of sp³-hybridized carbons (Fsp3) is 0.440. The normalized spacial score (nSPS) is 12.0. The maximum atomic E-state index is 13.1. The zero-order valence-electron chi connectivity index (χ0n) is 19.3. The molecule has 0 saturated carbocycles. The molecule has 0 bridgehead atoms. The molecule has 174 valence electrons. The topological polar surface area (TPSA) is 58.6 Å². The molecule has 0 heterocycles. The van der Waals surface area contributed by atoms with Crippen LogP contribution in [0.4, 0.5) is 0 Å². The molecule has 1 atom stereocenters. The first-order chi connectivity index (χ1) is 15.1. The number of carbonyl (C=O) groups is 2. The summed E-state index contributed by atoms with van der Waals surface area (Å²) in [5.41, 5.74) is 2.02. The highest BCUT2D eigenvalue weighted by Gasteiger charge is 2.26. The highest BCUT2D eigenvalue weighted by molar-refractivity contribution is 9.10. The number of nitrogens with one attached hydrogen (secondary N) is 1. The monoisotopic (exact) mass is 522 g/mol. The molecule has 0 aliphatic heterocycles. The maximum Gasteiger partial charge on any atom is 0.261 e. The second-order valence-corrected chi connectivity index (χ2v) is 9.89. The van der Waals surface area contributed by atoms with Crippen molar-refractivity contribution in [3.05, 3.63) is 63.1 Å². The minimum atomic E-state index is -0.657. The third kappa shape index (κ3) is 7.82. The first-order valence-corrected chi connectivity index (χ1v) is 12.0. The van der Waals surface area contributed by atoms with E-state index in [1.54, 1.807) is 19.1 Å². The summed E-state index contributed by atoms with van der Waals surface area (Å²) in [5, 5.41) is 3.49. The van der Waals surface area contributed by atoms with Gasteiger partial charge in [0.05, 0.1) is 4.47 Å². The molecule has 2 rings (SSSR count). The van der Waals surface area contributed by atoms with Crippen LogP contribution in [-0.4, -0.2) is 35.9 Å². The lowest BCUT2D eigenvalue weighted by molar-refractivity contribution is -0.142. The summed E-state index contributed by atoms with van der Waals surface area (Å²) < 4.78 is 6.60. The van der Waals surface area contributed by atoms with Gasteiger partial charge in [-0.15, -0.1) is 0 Å². The minimum Gasteiger partial charge on any atom is -0.483 e. The molecule has 0 aliphatic carbocycles. The van der Waals surface area contributed by atoms with Crippen molar-refractivity contribution in [2.24, 2.45) is 5.92 Å². The van der Waals surface area contributed by atoms with Crippen molar-refractivity contribution in [2.75, 3.05) is 13.2 Å². The van der Waals surface area contributed by atoms with E-state index in [-0.39, 0.29) is 25.0 Å². The van der Waals surface area contributed by atoms with Crippen LogP contribution < -0.4 is 10.1 Å². The molecule has 0 radical (unpaired) electrons. The Hall–Kier alpha value is -2.05. The Balaban J connectivity index is 2.16. The number of benzene rings is 2. The van der Waals surface area contributed by atoms with Gasteiger partial charge in [0.25, 0.3) is 5.91 Å². The van der Waals surface area contributed by atoms with Gasteiger partial charge in [-0.1, -0.05) is 57.5 Å². The van der Waals surface area contributed by atoms with Gasteiger partial charge in [0.1, 0.15) is 11.8 Å². The van der Waals surface area contributed by atoms with Crippen LogP contribution in [-0.2, 0) is 16.1 Å². The van der Waals surface area contributed by atoms with Gasteiger partial charge >= 0.3 is 0 Å². The van der Waals surface area contributed by atoms with Crippen LogP contribution in [0.2, 0.25) is 5.02 Å². The quantitative estimate of drug-likeness (QED) is 0.428. The van der Waals surface area contributed by atoms with Crippen LogP contribution in [0.3, 0.4) is 0 Å². The fourth-order valence-corrected chi connectivity index (χ4v) is 3.81. The lowest BCUT2D eigenvalue weighted by Gasteiger charge is -2.29. The standard InChI is InChI=1S/C25H32BrClN2O3/c1-16(2)13-28-25(31)18(5)29(14-19-7-6-8-21(27)11-19)24(30)15-32-23-10-9-20(17(3)4)12-22(23)26/h6-12,16-18H,13-15H2,1-5H3,(H,28,31)/t18-/m1/s1. The average molecular weight is 524 g/mol. The van der Waals surface area contributed by atoms with E-state index < -0.39 is 6.04 Å². The van der Waals surface area contributed by atoms with Crippen molar-refractivity contribution in [1.82, 2.24) is 10.2 Å². The molecule has 0 aromatic heterocycles. The van der Waals surface area contributed by atoms with Gasteiger partial charge in [0.15, 0.2) is 6.61 Å². The van der Waals surface area contributed by atoms with Gasteiger partial charge in [0.2, 0.25) is 5.91 Å². The van der Waals surface area contributed by atoms with Crippen molar-refractivity contribution in [3.8, 4) is 5.75 Å². The molecule has 1 N–H and O–H groups in total. The van der Waals surface area contributed by atoms with E-state index in [4.69, 9.17) is 16.3 Å². The van der Waals surface area contributed by atoms with E-state index in [0.29, 0.717) is 29.2 Å². The Labute approximate surface area is 204 Å². The number of hydrogen-bond donors (Lipinski definition) is 1. The molecule has 0 fully saturated rings. The SMILES string of the molecule is CC(C)CNC(=O)[C@@H](C)N(Cc1cccc(Cl)c1)C(=O)COc1ccc(C(C)C)cc1Br. The first-order valence-electron chi connectivity index (χ1n) is 10.8. The summed E-state index contributed by atoms with van der Waals surface area (Å²) in [6.07, 6.45) is 0. The van der Waals surface area contributed by atoms with E-state index in [9.17, 15) is 9.59 Å². The second kappa shape index (κ2) is 12.3. The summed E-state index contributed by atoms with van der Waals surface area (Å²) in [4.78, 5) is 27.4. The minimum absolute atomic E-state index is 0.179. The van der Waals surface area contributed by atoms with Crippen LogP contribution in [0.15, 0.2) is 46.9 Å². The molecule has 2 aromatic rings. The molecule has 0 spiro atoms. The second-order valence-electron chi connectivity index (χ2n) is 8.60. The van der Waals surface area contributed by atoms with E-state index in [1.165, 1.54) is 10.5 Å². The van der Waals surface area contributed by atoms with Gasteiger partial charge in [-0.05, 0) is 70.1 Å². The molecule has 0 unspecified atom stereocenters. The largest absolute Gasteiger partial charge is 0.483 e. The van der Waals surface area contributed by atoms with Crippen molar-refractivity contribution < 1.29 is 14.3 Å². The van der Waals surface area contributed by atoms with Gasteiger partial charge in [0, 0.05) is 18.1 Å². The highest BCUT2D eigenvalue weighted by atomic mass is 79.9. The zero-order valence-corrected chi connectivity index (χ0v) is 21.7. The zero-order chi connectivity index (χ0) is 23.8. The Morgan fingerprint density at radius 3 is 2.41 bits per heavy atom. The average Bonchev–Trinajstić information content (AvgIpc) is 2.74. The van der Waals surface area contributed by atoms with Crippen LogP contribution in [0, 0.1) is 5.92 Å². The van der Waals surface area contributed by atoms with Crippen molar-refractivity contribution in [3.63, 3.8) is 0 Å². The van der Waals surface area contributed by atoms with Crippen molar-refractivity contribution in [1.29, 1.82) is 0 Å². The number of carbonyl (C=O) groups excluding carboxylic acids is 2. The van der Waals surface area contributed by atoms with E-state index in [0.717, 1.165) is 10.0 Å². The van der Waals surface area contributed by atoms with E-state index >= 15 is 0 Å². The van der Waals surface area contributed by atoms with Gasteiger partial charge in [-0.2, -0.15) is 0 Å². The smallest absolute Gasteiger partial charge is 0.261 e. The fourth-order valence-electron chi connectivity index (χ4n) is 3.08. The van der Waals surface area contributed by atoms with Gasteiger partial charge in [-0.25, -0.2) is 0 Å². The predicted octanol–water partition coefficient (Wildman–Crippen LogP) is 5.79. The van der Waals surface area contributed by atoms with Gasteiger partial charge < -0.3 is 15.0 Å². The molecular weight excluding hydrogens is 492 g/mol. The van der Waals surface area contributed by atoms with Crippen LogP contribution >= 0.6 is 27.5 Å². The predicted molar refractivity (Wildman–Crippen MR) is 133 cm³/mol. The van der Waals surface area contributed by atoms with Crippen molar-refractivity contribution >= 4 is 39.3 Å².